The molecule has 0 saturated heterocycles. The molecular formula is C17H25BrN2O. The molecule has 0 spiro atoms. The first kappa shape index (κ1) is 16.3. The van der Waals surface area contributed by atoms with Gasteiger partial charge in [-0.25, -0.2) is 0 Å². The maximum absolute atomic E-state index is 12.9. The molecule has 0 heterocycles. The van der Waals surface area contributed by atoms with Crippen molar-refractivity contribution in [1.29, 1.82) is 0 Å². The van der Waals surface area contributed by atoms with Crippen LogP contribution in [0.4, 0.5) is 11.4 Å². The van der Waals surface area contributed by atoms with Crippen LogP contribution in [0.3, 0.4) is 0 Å². The van der Waals surface area contributed by atoms with Crippen molar-refractivity contribution in [2.24, 2.45) is 11.3 Å². The van der Waals surface area contributed by atoms with Gasteiger partial charge in [-0.1, -0.05) is 26.7 Å². The Labute approximate surface area is 135 Å². The number of carbonyl (C=O) groups excluding carboxylic acids is 1. The molecule has 2 rings (SSSR count). The van der Waals surface area contributed by atoms with Crippen molar-refractivity contribution in [3.05, 3.63) is 22.2 Å². The van der Waals surface area contributed by atoms with Crippen LogP contribution in [0.1, 0.15) is 51.5 Å². The van der Waals surface area contributed by atoms with Crippen LogP contribution in [0.5, 0.6) is 0 Å². The number of benzene rings is 1. The number of halogens is 1. The number of nitrogens with one attached hydrogen (secondary N) is 1. The monoisotopic (exact) mass is 352 g/mol. The quantitative estimate of drug-likeness (QED) is 0.758. The summed E-state index contributed by atoms with van der Waals surface area (Å²) in [6.45, 7) is 6.36. The molecule has 0 unspecified atom stereocenters. The Morgan fingerprint density at radius 1 is 1.38 bits per heavy atom. The molecule has 0 bridgehead atoms. The zero-order valence-electron chi connectivity index (χ0n) is 13.1. The third-order valence-corrected chi connectivity index (χ3v) is 4.97. The average Bonchev–Trinajstić information content (AvgIpc) is 2.82. The van der Waals surface area contributed by atoms with Crippen molar-refractivity contribution in [2.75, 3.05) is 11.1 Å². The normalized spacial score (nSPS) is 17.2. The predicted octanol–water partition coefficient (Wildman–Crippen LogP) is 4.88. The number of amides is 1. The molecule has 1 aliphatic rings. The molecule has 0 radical (unpaired) electrons. The highest BCUT2D eigenvalue weighted by atomic mass is 79.9. The Hall–Kier alpha value is -1.03. The van der Waals surface area contributed by atoms with E-state index < -0.39 is 0 Å². The molecule has 1 saturated carbocycles. The Balaban J connectivity index is 2.24. The third-order valence-electron chi connectivity index (χ3n) is 4.34. The minimum atomic E-state index is -0.217. The van der Waals surface area contributed by atoms with Gasteiger partial charge in [-0.2, -0.15) is 0 Å². The van der Waals surface area contributed by atoms with Crippen molar-refractivity contribution in [1.82, 2.24) is 0 Å². The van der Waals surface area contributed by atoms with E-state index in [1.165, 1.54) is 0 Å². The van der Waals surface area contributed by atoms with Crippen LogP contribution in [0.15, 0.2) is 16.6 Å². The zero-order chi connectivity index (χ0) is 15.6. The van der Waals surface area contributed by atoms with E-state index in [2.05, 4.69) is 35.1 Å². The van der Waals surface area contributed by atoms with E-state index in [-0.39, 0.29) is 11.3 Å². The van der Waals surface area contributed by atoms with Crippen LogP contribution >= 0.6 is 15.9 Å². The van der Waals surface area contributed by atoms with E-state index in [1.807, 2.05) is 19.1 Å². The summed E-state index contributed by atoms with van der Waals surface area (Å²) in [5, 5.41) is 3.08. The number of nitrogen functional groups attached to an aromatic ring is 1. The van der Waals surface area contributed by atoms with Crippen molar-refractivity contribution in [2.45, 2.75) is 52.9 Å². The lowest BCUT2D eigenvalue weighted by Crippen LogP contribution is -2.35. The first-order valence-corrected chi connectivity index (χ1v) is 8.50. The van der Waals surface area contributed by atoms with E-state index in [4.69, 9.17) is 5.73 Å². The number of aryl methyl sites for hydroxylation is 1. The van der Waals surface area contributed by atoms with Gasteiger partial charge in [-0.15, -0.1) is 0 Å². The van der Waals surface area contributed by atoms with Crippen LogP contribution in [0, 0.1) is 18.3 Å². The number of hydrogen-bond acceptors (Lipinski definition) is 2. The van der Waals surface area contributed by atoms with Gasteiger partial charge in [0.1, 0.15) is 0 Å². The highest BCUT2D eigenvalue weighted by Crippen LogP contribution is 2.44. The summed E-state index contributed by atoms with van der Waals surface area (Å²) >= 11 is 3.51. The Morgan fingerprint density at radius 2 is 2.00 bits per heavy atom. The van der Waals surface area contributed by atoms with Gasteiger partial charge in [0.25, 0.3) is 0 Å². The fourth-order valence-corrected chi connectivity index (χ4v) is 4.19. The Morgan fingerprint density at radius 3 is 2.52 bits per heavy atom. The van der Waals surface area contributed by atoms with E-state index in [0.29, 0.717) is 17.3 Å². The molecule has 4 heteroatoms. The Kier molecular flexibility index (Phi) is 4.97. The third kappa shape index (κ3) is 3.60. The van der Waals surface area contributed by atoms with Gasteiger partial charge in [0.05, 0.1) is 11.4 Å². The molecule has 3 nitrogen and oxygen atoms in total. The maximum atomic E-state index is 12.9. The van der Waals surface area contributed by atoms with Crippen LogP contribution in [-0.2, 0) is 4.79 Å². The molecular weight excluding hydrogens is 328 g/mol. The molecule has 1 amide bonds. The summed E-state index contributed by atoms with van der Waals surface area (Å²) in [6, 6.07) is 3.87. The highest BCUT2D eigenvalue weighted by molar-refractivity contribution is 9.10. The minimum absolute atomic E-state index is 0.130. The molecule has 21 heavy (non-hydrogen) atoms. The second kappa shape index (κ2) is 6.39. The lowest BCUT2D eigenvalue weighted by molar-refractivity contribution is -0.126. The molecule has 0 aromatic heterocycles. The first-order chi connectivity index (χ1) is 9.84. The fourth-order valence-electron chi connectivity index (χ4n) is 3.50. The van der Waals surface area contributed by atoms with Crippen LogP contribution < -0.4 is 11.1 Å². The molecule has 3 N–H and O–H groups in total. The molecule has 116 valence electrons. The van der Waals surface area contributed by atoms with Gasteiger partial charge in [-0.05, 0) is 65.7 Å². The zero-order valence-corrected chi connectivity index (χ0v) is 14.7. The molecule has 1 aliphatic carbocycles. The van der Waals surface area contributed by atoms with Crippen molar-refractivity contribution in [3.63, 3.8) is 0 Å². The van der Waals surface area contributed by atoms with Crippen LogP contribution in [-0.4, -0.2) is 5.91 Å². The van der Waals surface area contributed by atoms with Crippen LogP contribution in [0.2, 0.25) is 0 Å². The summed E-state index contributed by atoms with van der Waals surface area (Å²) in [4.78, 5) is 12.9. The minimum Gasteiger partial charge on any atom is -0.397 e. The van der Waals surface area contributed by atoms with Gasteiger partial charge in [0.15, 0.2) is 0 Å². The lowest BCUT2D eigenvalue weighted by Gasteiger charge is -2.30. The SMILES string of the molecule is Cc1cc(N)c(NC(=O)C2(CC(C)C)CCCC2)c(Br)c1. The number of nitrogens with two attached hydrogens (primary N) is 1. The summed E-state index contributed by atoms with van der Waals surface area (Å²) < 4.78 is 0.853. The Bertz CT molecular complexity index is 511. The number of hydrogen-bond donors (Lipinski definition) is 2. The van der Waals surface area contributed by atoms with Crippen molar-refractivity contribution >= 4 is 33.2 Å². The van der Waals surface area contributed by atoms with E-state index >= 15 is 0 Å². The molecule has 0 aliphatic heterocycles. The summed E-state index contributed by atoms with van der Waals surface area (Å²) in [6.07, 6.45) is 5.21. The summed E-state index contributed by atoms with van der Waals surface area (Å²) in [5.41, 5.74) is 8.26. The lowest BCUT2D eigenvalue weighted by atomic mass is 9.77. The van der Waals surface area contributed by atoms with Gasteiger partial charge in [-0.3, -0.25) is 4.79 Å². The van der Waals surface area contributed by atoms with Crippen molar-refractivity contribution in [3.8, 4) is 0 Å². The second-order valence-electron chi connectivity index (χ2n) is 6.75. The molecule has 0 atom stereocenters. The second-order valence-corrected chi connectivity index (χ2v) is 7.60. The highest BCUT2D eigenvalue weighted by Gasteiger charge is 2.41. The van der Waals surface area contributed by atoms with Gasteiger partial charge in [0.2, 0.25) is 5.91 Å². The standard InChI is InChI=1S/C17H25BrN2O/c1-11(2)10-17(6-4-5-7-17)16(21)20-15-13(18)8-12(3)9-14(15)19/h8-9,11H,4-7,10,19H2,1-3H3,(H,20,21). The number of rotatable bonds is 4. The fraction of sp³-hybridized carbons (Fsp3) is 0.588. The van der Waals surface area contributed by atoms with Gasteiger partial charge < -0.3 is 11.1 Å². The predicted molar refractivity (Wildman–Crippen MR) is 92.3 cm³/mol. The molecule has 1 aromatic carbocycles. The largest absolute Gasteiger partial charge is 0.397 e. The van der Waals surface area contributed by atoms with Gasteiger partial charge in [0, 0.05) is 9.89 Å². The van der Waals surface area contributed by atoms with E-state index in [1.54, 1.807) is 0 Å². The number of anilines is 2. The van der Waals surface area contributed by atoms with Gasteiger partial charge >= 0.3 is 0 Å². The van der Waals surface area contributed by atoms with Crippen LogP contribution in [0.25, 0.3) is 0 Å². The topological polar surface area (TPSA) is 55.1 Å². The van der Waals surface area contributed by atoms with Crippen molar-refractivity contribution < 1.29 is 4.79 Å². The number of carbonyl (C=O) groups is 1. The van der Waals surface area contributed by atoms with E-state index in [0.717, 1.165) is 42.1 Å². The summed E-state index contributed by atoms with van der Waals surface area (Å²) in [5.74, 6) is 0.651. The molecule has 1 aromatic rings. The first-order valence-electron chi connectivity index (χ1n) is 7.71. The van der Waals surface area contributed by atoms with E-state index in [9.17, 15) is 4.79 Å². The molecule has 1 fully saturated rings. The smallest absolute Gasteiger partial charge is 0.230 e. The average molecular weight is 353 g/mol. The maximum Gasteiger partial charge on any atom is 0.230 e. The summed E-state index contributed by atoms with van der Waals surface area (Å²) in [7, 11) is 0.